The Kier molecular flexibility index (Phi) is 6.80. The molecule has 0 aliphatic carbocycles. The number of ether oxygens (including phenoxy) is 1. The van der Waals surface area contributed by atoms with Crippen molar-refractivity contribution >= 4 is 11.5 Å². The molecular formula is C13H23N5O3. The highest BCUT2D eigenvalue weighted by atomic mass is 16.6. The maximum atomic E-state index is 11.2. The fraction of sp³-hybridized carbons (Fsp3) is 0.692. The summed E-state index contributed by atoms with van der Waals surface area (Å²) in [5.74, 6) is 0.732. The first-order chi connectivity index (χ1) is 10.1. The molecule has 0 bridgehead atoms. The minimum atomic E-state index is -0.516. The van der Waals surface area contributed by atoms with Crippen LogP contribution in [0, 0.1) is 10.1 Å². The fourth-order valence-electron chi connectivity index (χ4n) is 1.94. The minimum absolute atomic E-state index is 0.00260. The number of anilines is 1. The van der Waals surface area contributed by atoms with Crippen LogP contribution in [-0.4, -0.2) is 53.1 Å². The number of methoxy groups -OCH3 is 1. The molecule has 118 valence electrons. The molecule has 0 aromatic carbocycles. The number of aromatic nitrogens is 2. The Balaban J connectivity index is 2.95. The van der Waals surface area contributed by atoms with Crippen LogP contribution in [0.15, 0.2) is 0 Å². The number of nitro groups is 1. The zero-order chi connectivity index (χ0) is 15.8. The van der Waals surface area contributed by atoms with Crippen LogP contribution in [-0.2, 0) is 6.42 Å². The summed E-state index contributed by atoms with van der Waals surface area (Å²) < 4.78 is 5.02. The zero-order valence-corrected chi connectivity index (χ0v) is 13.0. The van der Waals surface area contributed by atoms with Crippen LogP contribution in [0.3, 0.4) is 0 Å². The van der Waals surface area contributed by atoms with Crippen molar-refractivity contribution in [3.05, 3.63) is 15.9 Å². The van der Waals surface area contributed by atoms with Crippen LogP contribution < -0.4 is 10.1 Å². The van der Waals surface area contributed by atoms with Gasteiger partial charge < -0.3 is 15.0 Å². The molecule has 1 heterocycles. The molecule has 8 heteroatoms. The lowest BCUT2D eigenvalue weighted by molar-refractivity contribution is -0.385. The Morgan fingerprint density at radius 1 is 1.29 bits per heavy atom. The van der Waals surface area contributed by atoms with Gasteiger partial charge in [-0.2, -0.15) is 4.98 Å². The van der Waals surface area contributed by atoms with Crippen LogP contribution in [0.4, 0.5) is 11.5 Å². The van der Waals surface area contributed by atoms with E-state index in [4.69, 9.17) is 4.74 Å². The summed E-state index contributed by atoms with van der Waals surface area (Å²) >= 11 is 0. The lowest BCUT2D eigenvalue weighted by Crippen LogP contribution is -2.29. The summed E-state index contributed by atoms with van der Waals surface area (Å²) in [6.07, 6.45) is 0.582. The summed E-state index contributed by atoms with van der Waals surface area (Å²) in [6, 6.07) is 0. The van der Waals surface area contributed by atoms with Crippen LogP contribution >= 0.6 is 0 Å². The van der Waals surface area contributed by atoms with Gasteiger partial charge in [-0.25, -0.2) is 4.98 Å². The second kappa shape index (κ2) is 8.35. The van der Waals surface area contributed by atoms with E-state index in [0.717, 1.165) is 19.6 Å². The summed E-state index contributed by atoms with van der Waals surface area (Å²) in [5.41, 5.74) is -0.214. The van der Waals surface area contributed by atoms with Gasteiger partial charge in [0.2, 0.25) is 5.82 Å². The van der Waals surface area contributed by atoms with Crippen LogP contribution in [0.5, 0.6) is 5.88 Å². The lowest BCUT2D eigenvalue weighted by atomic mass is 10.3. The molecule has 0 unspecified atom stereocenters. The molecule has 8 nitrogen and oxygen atoms in total. The van der Waals surface area contributed by atoms with Crippen molar-refractivity contribution < 1.29 is 9.66 Å². The van der Waals surface area contributed by atoms with Crippen molar-refractivity contribution in [2.75, 3.05) is 38.6 Å². The standard InChI is InChI=1S/C13H23N5O3/c1-5-10-15-12(14-8-9-17(6-2)7-3)11(18(19)20)13(16-10)21-4/h5-9H2,1-4H3,(H,14,15,16). The number of hydrogen-bond acceptors (Lipinski definition) is 7. The summed E-state index contributed by atoms with van der Waals surface area (Å²) in [5, 5.41) is 14.2. The van der Waals surface area contributed by atoms with Gasteiger partial charge in [0.15, 0.2) is 0 Å². The normalized spacial score (nSPS) is 10.7. The molecule has 1 aromatic rings. The molecule has 21 heavy (non-hydrogen) atoms. The largest absolute Gasteiger partial charge is 0.476 e. The van der Waals surface area contributed by atoms with E-state index in [-0.39, 0.29) is 17.4 Å². The highest BCUT2D eigenvalue weighted by molar-refractivity contribution is 5.61. The highest BCUT2D eigenvalue weighted by Crippen LogP contribution is 2.31. The topological polar surface area (TPSA) is 93.4 Å². The maximum Gasteiger partial charge on any atom is 0.372 e. The molecule has 1 rings (SSSR count). The minimum Gasteiger partial charge on any atom is -0.476 e. The fourth-order valence-corrected chi connectivity index (χ4v) is 1.94. The summed E-state index contributed by atoms with van der Waals surface area (Å²) in [6.45, 7) is 9.29. The average Bonchev–Trinajstić information content (AvgIpc) is 2.50. The van der Waals surface area contributed by atoms with Crippen molar-refractivity contribution in [3.63, 3.8) is 0 Å². The van der Waals surface area contributed by atoms with Crippen molar-refractivity contribution in [2.24, 2.45) is 0 Å². The predicted octanol–water partition coefficient (Wildman–Crippen LogP) is 1.71. The summed E-state index contributed by atoms with van der Waals surface area (Å²) in [7, 11) is 1.37. The monoisotopic (exact) mass is 297 g/mol. The average molecular weight is 297 g/mol. The smallest absolute Gasteiger partial charge is 0.372 e. The highest BCUT2D eigenvalue weighted by Gasteiger charge is 2.25. The number of aryl methyl sites for hydroxylation is 1. The van der Waals surface area contributed by atoms with E-state index in [2.05, 4.69) is 34.0 Å². The first-order valence-electron chi connectivity index (χ1n) is 7.12. The van der Waals surface area contributed by atoms with Gasteiger partial charge in [-0.15, -0.1) is 0 Å². The Morgan fingerprint density at radius 3 is 2.43 bits per heavy atom. The van der Waals surface area contributed by atoms with Gasteiger partial charge in [0.25, 0.3) is 5.88 Å². The van der Waals surface area contributed by atoms with Gasteiger partial charge in [-0.1, -0.05) is 20.8 Å². The molecule has 0 amide bonds. The van der Waals surface area contributed by atoms with E-state index in [9.17, 15) is 10.1 Å². The van der Waals surface area contributed by atoms with E-state index in [1.54, 1.807) is 0 Å². The number of nitrogens with one attached hydrogen (secondary N) is 1. The molecule has 0 fully saturated rings. The Hall–Kier alpha value is -1.96. The molecule has 1 aromatic heterocycles. The van der Waals surface area contributed by atoms with Crippen LogP contribution in [0.1, 0.15) is 26.6 Å². The Labute approximate surface area is 124 Å². The van der Waals surface area contributed by atoms with E-state index >= 15 is 0 Å². The number of likely N-dealkylation sites (N-methyl/N-ethyl adjacent to an activating group) is 1. The summed E-state index contributed by atoms with van der Waals surface area (Å²) in [4.78, 5) is 21.2. The van der Waals surface area contributed by atoms with Crippen molar-refractivity contribution in [1.29, 1.82) is 0 Å². The van der Waals surface area contributed by atoms with Crippen molar-refractivity contribution in [1.82, 2.24) is 14.9 Å². The van der Waals surface area contributed by atoms with Gasteiger partial charge >= 0.3 is 5.69 Å². The molecule has 0 saturated carbocycles. The molecule has 0 spiro atoms. The lowest BCUT2D eigenvalue weighted by Gasteiger charge is -2.18. The van der Waals surface area contributed by atoms with Gasteiger partial charge in [0, 0.05) is 19.5 Å². The maximum absolute atomic E-state index is 11.2. The van der Waals surface area contributed by atoms with E-state index in [0.29, 0.717) is 18.8 Å². The van der Waals surface area contributed by atoms with Crippen LogP contribution in [0.2, 0.25) is 0 Å². The predicted molar refractivity (Wildman–Crippen MR) is 80.9 cm³/mol. The van der Waals surface area contributed by atoms with Gasteiger partial charge in [0.1, 0.15) is 5.82 Å². The second-order valence-corrected chi connectivity index (χ2v) is 4.41. The zero-order valence-electron chi connectivity index (χ0n) is 13.0. The van der Waals surface area contributed by atoms with Crippen molar-refractivity contribution in [2.45, 2.75) is 27.2 Å². The number of rotatable bonds is 9. The molecule has 0 atom stereocenters. The molecule has 1 N–H and O–H groups in total. The molecule has 0 saturated heterocycles. The van der Waals surface area contributed by atoms with E-state index in [1.807, 2.05) is 6.92 Å². The third-order valence-corrected chi connectivity index (χ3v) is 3.21. The first-order valence-corrected chi connectivity index (χ1v) is 7.12. The van der Waals surface area contributed by atoms with Gasteiger partial charge in [-0.05, 0) is 13.1 Å². The van der Waals surface area contributed by atoms with Gasteiger partial charge in [0.05, 0.1) is 12.0 Å². The van der Waals surface area contributed by atoms with Crippen LogP contribution in [0.25, 0.3) is 0 Å². The first kappa shape index (κ1) is 17.1. The van der Waals surface area contributed by atoms with E-state index < -0.39 is 4.92 Å². The Bertz CT molecular complexity index is 477. The number of hydrogen-bond donors (Lipinski definition) is 1. The number of nitrogens with zero attached hydrogens (tertiary/aromatic N) is 4. The molecular weight excluding hydrogens is 274 g/mol. The van der Waals surface area contributed by atoms with Crippen molar-refractivity contribution in [3.8, 4) is 5.88 Å². The van der Waals surface area contributed by atoms with E-state index in [1.165, 1.54) is 7.11 Å². The molecule has 0 radical (unpaired) electrons. The molecule has 0 aliphatic heterocycles. The molecule has 0 aliphatic rings. The second-order valence-electron chi connectivity index (χ2n) is 4.41. The Morgan fingerprint density at radius 2 is 1.95 bits per heavy atom. The third-order valence-electron chi connectivity index (χ3n) is 3.21. The third kappa shape index (κ3) is 4.52. The van der Waals surface area contributed by atoms with Gasteiger partial charge in [-0.3, -0.25) is 10.1 Å². The SMILES string of the molecule is CCc1nc(NCCN(CC)CC)c([N+](=O)[O-])c(OC)n1. The quantitative estimate of drug-likeness (QED) is 0.547.